The molecule has 1 heteroatoms. The monoisotopic (exact) mass is 259 g/mol. The molecule has 0 atom stereocenters. The molecule has 0 heterocycles. The summed E-state index contributed by atoms with van der Waals surface area (Å²) in [7, 11) is 0. The lowest BCUT2D eigenvalue weighted by atomic mass is 9.71. The van der Waals surface area contributed by atoms with Crippen molar-refractivity contribution in [2.24, 2.45) is 11.3 Å². The van der Waals surface area contributed by atoms with Crippen LogP contribution in [0.5, 0.6) is 0 Å². The van der Waals surface area contributed by atoms with Crippen LogP contribution in [0.4, 0.5) is 5.69 Å². The van der Waals surface area contributed by atoms with Crippen molar-refractivity contribution in [3.63, 3.8) is 0 Å². The summed E-state index contributed by atoms with van der Waals surface area (Å²) < 4.78 is 0. The summed E-state index contributed by atoms with van der Waals surface area (Å²) in [5, 5.41) is 3.76. The Kier molecular flexibility index (Phi) is 4.23. The lowest BCUT2D eigenvalue weighted by Crippen LogP contribution is -2.31. The number of rotatable bonds is 2. The maximum Gasteiger partial charge on any atom is 0.0374 e. The zero-order valence-electron chi connectivity index (χ0n) is 13.2. The van der Waals surface area contributed by atoms with Crippen LogP contribution in [0.2, 0.25) is 0 Å². The van der Waals surface area contributed by atoms with Crippen molar-refractivity contribution < 1.29 is 0 Å². The van der Waals surface area contributed by atoms with Gasteiger partial charge in [0, 0.05) is 11.7 Å². The SMILES string of the molecule is Cc1cccc(NC2CCC(C(C)(C)C)CC2)c1C. The van der Waals surface area contributed by atoms with E-state index in [1.807, 2.05) is 0 Å². The Labute approximate surface area is 118 Å². The van der Waals surface area contributed by atoms with Crippen molar-refractivity contribution in [3.05, 3.63) is 29.3 Å². The molecule has 0 unspecified atom stereocenters. The second-order valence-corrected chi connectivity index (χ2v) is 7.31. The van der Waals surface area contributed by atoms with Gasteiger partial charge in [-0.15, -0.1) is 0 Å². The third-order valence-corrected chi connectivity index (χ3v) is 4.92. The van der Waals surface area contributed by atoms with Crippen molar-refractivity contribution >= 4 is 5.69 Å². The van der Waals surface area contributed by atoms with E-state index in [4.69, 9.17) is 0 Å². The quantitative estimate of drug-likeness (QED) is 0.758. The van der Waals surface area contributed by atoms with Crippen LogP contribution >= 0.6 is 0 Å². The second kappa shape index (κ2) is 5.56. The lowest BCUT2D eigenvalue weighted by Gasteiger charge is -2.37. The molecule has 1 aromatic carbocycles. The van der Waals surface area contributed by atoms with E-state index in [9.17, 15) is 0 Å². The van der Waals surface area contributed by atoms with Crippen LogP contribution in [0.15, 0.2) is 18.2 Å². The van der Waals surface area contributed by atoms with E-state index in [0.29, 0.717) is 11.5 Å². The third kappa shape index (κ3) is 3.52. The first-order chi connectivity index (χ1) is 8.88. The Morgan fingerprint density at radius 3 is 2.21 bits per heavy atom. The fraction of sp³-hybridized carbons (Fsp3) is 0.667. The van der Waals surface area contributed by atoms with Crippen LogP contribution < -0.4 is 5.32 Å². The fourth-order valence-electron chi connectivity index (χ4n) is 3.23. The van der Waals surface area contributed by atoms with E-state index < -0.39 is 0 Å². The van der Waals surface area contributed by atoms with Gasteiger partial charge in [-0.3, -0.25) is 0 Å². The molecule has 0 amide bonds. The highest BCUT2D eigenvalue weighted by atomic mass is 14.9. The minimum atomic E-state index is 0.476. The summed E-state index contributed by atoms with van der Waals surface area (Å²) in [4.78, 5) is 0. The van der Waals surface area contributed by atoms with Crippen LogP contribution in [-0.2, 0) is 0 Å². The fourth-order valence-corrected chi connectivity index (χ4v) is 3.23. The first-order valence-electron chi connectivity index (χ1n) is 7.70. The largest absolute Gasteiger partial charge is 0.382 e. The van der Waals surface area contributed by atoms with Crippen molar-refractivity contribution in [1.29, 1.82) is 0 Å². The van der Waals surface area contributed by atoms with Gasteiger partial charge in [0.15, 0.2) is 0 Å². The van der Waals surface area contributed by atoms with Crippen LogP contribution in [0.3, 0.4) is 0 Å². The van der Waals surface area contributed by atoms with Gasteiger partial charge in [-0.1, -0.05) is 32.9 Å². The van der Waals surface area contributed by atoms with Crippen LogP contribution in [-0.4, -0.2) is 6.04 Å². The molecule has 19 heavy (non-hydrogen) atoms. The molecule has 0 aliphatic heterocycles. The summed E-state index contributed by atoms with van der Waals surface area (Å²) in [6.45, 7) is 11.6. The predicted octanol–water partition coefficient (Wildman–Crippen LogP) is 5.32. The summed E-state index contributed by atoms with van der Waals surface area (Å²) in [6, 6.07) is 7.24. The highest BCUT2D eigenvalue weighted by molar-refractivity contribution is 5.54. The van der Waals surface area contributed by atoms with E-state index in [-0.39, 0.29) is 0 Å². The van der Waals surface area contributed by atoms with Gasteiger partial charge in [0.25, 0.3) is 0 Å². The maximum absolute atomic E-state index is 3.76. The van der Waals surface area contributed by atoms with E-state index >= 15 is 0 Å². The van der Waals surface area contributed by atoms with Crippen molar-refractivity contribution in [3.8, 4) is 0 Å². The first-order valence-corrected chi connectivity index (χ1v) is 7.70. The number of hydrogen-bond donors (Lipinski definition) is 1. The Balaban J connectivity index is 1.94. The Hall–Kier alpha value is -0.980. The molecule has 0 radical (unpaired) electrons. The molecule has 1 aromatic rings. The number of nitrogens with one attached hydrogen (secondary N) is 1. The maximum atomic E-state index is 3.76. The number of benzene rings is 1. The summed E-state index contributed by atoms with van der Waals surface area (Å²) in [5.41, 5.74) is 4.59. The van der Waals surface area contributed by atoms with E-state index in [2.05, 4.69) is 58.1 Å². The summed E-state index contributed by atoms with van der Waals surface area (Å²) >= 11 is 0. The first kappa shape index (κ1) is 14.4. The van der Waals surface area contributed by atoms with Crippen molar-refractivity contribution in [2.45, 2.75) is 66.3 Å². The van der Waals surface area contributed by atoms with E-state index in [1.54, 1.807) is 0 Å². The molecule has 1 fully saturated rings. The number of aryl methyl sites for hydroxylation is 1. The molecule has 0 spiro atoms. The minimum absolute atomic E-state index is 0.476. The van der Waals surface area contributed by atoms with Gasteiger partial charge in [-0.05, 0) is 68.1 Å². The zero-order valence-corrected chi connectivity index (χ0v) is 13.2. The van der Waals surface area contributed by atoms with Gasteiger partial charge in [-0.25, -0.2) is 0 Å². The average molecular weight is 259 g/mol. The van der Waals surface area contributed by atoms with Crippen LogP contribution in [0, 0.1) is 25.2 Å². The van der Waals surface area contributed by atoms with Gasteiger partial charge in [0.05, 0.1) is 0 Å². The molecular formula is C18H29N. The Bertz CT molecular complexity index is 420. The molecule has 0 bridgehead atoms. The molecule has 1 aliphatic rings. The van der Waals surface area contributed by atoms with E-state index in [0.717, 1.165) is 5.92 Å². The molecule has 1 saturated carbocycles. The van der Waals surface area contributed by atoms with Crippen molar-refractivity contribution in [1.82, 2.24) is 0 Å². The van der Waals surface area contributed by atoms with Crippen LogP contribution in [0.1, 0.15) is 57.6 Å². The van der Waals surface area contributed by atoms with Gasteiger partial charge in [0.1, 0.15) is 0 Å². The third-order valence-electron chi connectivity index (χ3n) is 4.92. The minimum Gasteiger partial charge on any atom is -0.382 e. The standard InChI is InChI=1S/C18H29N/c1-13-7-6-8-17(14(13)2)19-16-11-9-15(10-12-16)18(3,4)5/h6-8,15-16,19H,9-12H2,1-5H3. The molecule has 1 N–H and O–H groups in total. The predicted molar refractivity (Wildman–Crippen MR) is 84.7 cm³/mol. The lowest BCUT2D eigenvalue weighted by molar-refractivity contribution is 0.173. The van der Waals surface area contributed by atoms with Gasteiger partial charge >= 0.3 is 0 Å². The van der Waals surface area contributed by atoms with E-state index in [1.165, 1.54) is 42.5 Å². The molecular weight excluding hydrogens is 230 g/mol. The Morgan fingerprint density at radius 2 is 1.63 bits per heavy atom. The smallest absolute Gasteiger partial charge is 0.0374 e. The van der Waals surface area contributed by atoms with Gasteiger partial charge < -0.3 is 5.32 Å². The van der Waals surface area contributed by atoms with Crippen LogP contribution in [0.25, 0.3) is 0 Å². The topological polar surface area (TPSA) is 12.0 Å². The highest BCUT2D eigenvalue weighted by Crippen LogP contribution is 2.38. The molecule has 2 rings (SSSR count). The molecule has 0 saturated heterocycles. The summed E-state index contributed by atoms with van der Waals surface area (Å²) in [6.07, 6.45) is 5.36. The molecule has 1 nitrogen and oxygen atoms in total. The number of hydrogen-bond acceptors (Lipinski definition) is 1. The number of anilines is 1. The Morgan fingerprint density at radius 1 is 1.00 bits per heavy atom. The summed E-state index contributed by atoms with van der Waals surface area (Å²) in [5.74, 6) is 0.893. The van der Waals surface area contributed by atoms with Crippen molar-refractivity contribution in [2.75, 3.05) is 5.32 Å². The molecule has 1 aliphatic carbocycles. The molecule has 106 valence electrons. The van der Waals surface area contributed by atoms with Gasteiger partial charge in [0.2, 0.25) is 0 Å². The second-order valence-electron chi connectivity index (χ2n) is 7.31. The highest BCUT2D eigenvalue weighted by Gasteiger charge is 2.29. The molecule has 0 aromatic heterocycles. The normalized spacial score (nSPS) is 24.3. The van der Waals surface area contributed by atoms with Gasteiger partial charge in [-0.2, -0.15) is 0 Å². The zero-order chi connectivity index (χ0) is 14.0. The average Bonchev–Trinajstić information content (AvgIpc) is 2.35.